The highest BCUT2D eigenvalue weighted by atomic mass is 19.3. The van der Waals surface area contributed by atoms with Crippen LogP contribution in [0.15, 0.2) is 36.4 Å². The minimum Gasteiger partial charge on any atom is -0.329 e. The number of rotatable bonds is 3. The number of aromatic nitrogens is 5. The number of hydrogen-bond donors (Lipinski definition) is 0. The van der Waals surface area contributed by atoms with Gasteiger partial charge in [-0.3, -0.25) is 0 Å². The van der Waals surface area contributed by atoms with E-state index in [2.05, 4.69) is 32.4 Å². The van der Waals surface area contributed by atoms with Crippen molar-refractivity contribution >= 4 is 28.2 Å². The van der Waals surface area contributed by atoms with Crippen molar-refractivity contribution < 1.29 is 17.6 Å². The van der Waals surface area contributed by atoms with E-state index in [0.29, 0.717) is 35.2 Å². The van der Waals surface area contributed by atoms with Gasteiger partial charge in [-0.15, -0.1) is 0 Å². The minimum absolute atomic E-state index is 0.185. The van der Waals surface area contributed by atoms with Gasteiger partial charge < -0.3 is 4.90 Å². The van der Waals surface area contributed by atoms with Crippen molar-refractivity contribution in [2.24, 2.45) is 5.41 Å². The van der Waals surface area contributed by atoms with Gasteiger partial charge >= 0.3 is 0 Å². The normalized spacial score (nSPS) is 14.6. The third-order valence-corrected chi connectivity index (χ3v) is 5.34. The molecule has 0 spiro atoms. The Labute approximate surface area is 173 Å². The van der Waals surface area contributed by atoms with Gasteiger partial charge in [0.25, 0.3) is 12.2 Å². The number of nitrogens with zero attached hydrogens (tertiary/aromatic N) is 6. The van der Waals surface area contributed by atoms with Crippen LogP contribution in [0.4, 0.5) is 29.1 Å². The Balaban J connectivity index is 1.61. The van der Waals surface area contributed by atoms with Crippen molar-refractivity contribution in [3.05, 3.63) is 53.6 Å². The summed E-state index contributed by atoms with van der Waals surface area (Å²) < 4.78 is 55.9. The fourth-order valence-electron chi connectivity index (χ4n) is 3.38. The lowest BCUT2D eigenvalue weighted by molar-refractivity contribution is 0.0921. The molecule has 0 bridgehead atoms. The molecule has 6 nitrogen and oxygen atoms in total. The molecule has 2 aromatic carbocycles. The first-order valence-corrected chi connectivity index (χ1v) is 9.39. The van der Waals surface area contributed by atoms with Gasteiger partial charge in [0.2, 0.25) is 0 Å². The Morgan fingerprint density at radius 1 is 1.10 bits per heavy atom. The molecule has 0 radical (unpaired) electrons. The Morgan fingerprint density at radius 3 is 2.65 bits per heavy atom. The molecule has 1 aliphatic rings. The topological polar surface area (TPSA) is 59.2 Å². The number of hydrogen-bond acceptors (Lipinski definition) is 5. The quantitative estimate of drug-likeness (QED) is 0.365. The Bertz CT molecular complexity index is 1380. The number of benzene rings is 2. The predicted molar refractivity (Wildman–Crippen MR) is 105 cm³/mol. The molecule has 0 aliphatic heterocycles. The molecule has 156 valence electrons. The van der Waals surface area contributed by atoms with Crippen LogP contribution in [0.25, 0.3) is 16.7 Å². The molecule has 1 aliphatic carbocycles. The second kappa shape index (κ2) is 6.91. The molecular formula is C21H14F4N6. The molecule has 2 heterocycles. The van der Waals surface area contributed by atoms with Gasteiger partial charge in [0.15, 0.2) is 0 Å². The minimum atomic E-state index is -2.54. The number of alkyl halides is 2. The van der Waals surface area contributed by atoms with Crippen molar-refractivity contribution in [2.75, 3.05) is 11.9 Å². The Hall–Kier alpha value is -3.74. The summed E-state index contributed by atoms with van der Waals surface area (Å²) in [7, 11) is 1.63. The highest BCUT2D eigenvalue weighted by Crippen LogP contribution is 2.50. The number of halogens is 4. The molecule has 1 fully saturated rings. The lowest BCUT2D eigenvalue weighted by Crippen LogP contribution is -2.14. The van der Waals surface area contributed by atoms with Gasteiger partial charge in [0, 0.05) is 23.7 Å². The summed E-state index contributed by atoms with van der Waals surface area (Å²) in [6, 6.07) is 8.09. The highest BCUT2D eigenvalue weighted by molar-refractivity contribution is 5.93. The summed E-state index contributed by atoms with van der Waals surface area (Å²) in [5.74, 6) is 4.69. The fourth-order valence-corrected chi connectivity index (χ4v) is 3.38. The Kier molecular flexibility index (Phi) is 4.28. The third-order valence-electron chi connectivity index (χ3n) is 5.34. The van der Waals surface area contributed by atoms with Gasteiger partial charge in [-0.25, -0.2) is 17.6 Å². The Morgan fingerprint density at radius 2 is 1.90 bits per heavy atom. The fraction of sp³-hybridized carbons (Fsp3) is 0.238. The van der Waals surface area contributed by atoms with Gasteiger partial charge in [-0.2, -0.15) is 9.50 Å². The molecule has 0 atom stereocenters. The standard InChI is InChI=1S/C21H14F4N6/c1-30(15-9-12(8-14(23)10-15)4-5-21(6-7-21)19(24)25)18-16-11-13(22)2-3-17(16)31-20(26-18)27-28-29-31/h2-3,8-11,19H,6-7H2,1H3. The zero-order valence-electron chi connectivity index (χ0n) is 16.2. The molecule has 0 saturated heterocycles. The summed E-state index contributed by atoms with van der Waals surface area (Å²) in [6.07, 6.45) is -1.88. The number of fused-ring (bicyclic) bond motifs is 3. The molecule has 0 unspecified atom stereocenters. The van der Waals surface area contributed by atoms with E-state index in [-0.39, 0.29) is 11.3 Å². The SMILES string of the molecule is CN(c1cc(F)cc(C#CC2(C(F)F)CC2)c1)c1nc2nnnn2c2ccc(F)cc12. The lowest BCUT2D eigenvalue weighted by Gasteiger charge is -2.20. The molecule has 0 amide bonds. The van der Waals surface area contributed by atoms with Crippen molar-refractivity contribution in [1.82, 2.24) is 25.0 Å². The van der Waals surface area contributed by atoms with Crippen molar-refractivity contribution in [3.63, 3.8) is 0 Å². The molecular weight excluding hydrogens is 412 g/mol. The first-order valence-electron chi connectivity index (χ1n) is 9.39. The van der Waals surface area contributed by atoms with Gasteiger partial charge in [-0.05, 0) is 59.7 Å². The zero-order chi connectivity index (χ0) is 21.8. The second-order valence-corrected chi connectivity index (χ2v) is 7.45. The molecule has 31 heavy (non-hydrogen) atoms. The molecule has 4 aromatic rings. The van der Waals surface area contributed by atoms with Crippen LogP contribution in [0, 0.1) is 28.9 Å². The van der Waals surface area contributed by atoms with Crippen LogP contribution >= 0.6 is 0 Å². The van der Waals surface area contributed by atoms with Gasteiger partial charge in [-0.1, -0.05) is 16.9 Å². The van der Waals surface area contributed by atoms with E-state index in [9.17, 15) is 17.6 Å². The van der Waals surface area contributed by atoms with E-state index >= 15 is 0 Å². The smallest absolute Gasteiger partial charge is 0.275 e. The largest absolute Gasteiger partial charge is 0.329 e. The van der Waals surface area contributed by atoms with Crippen molar-refractivity contribution in [1.29, 1.82) is 0 Å². The average Bonchev–Trinajstić information content (AvgIpc) is 3.40. The molecule has 5 rings (SSSR count). The second-order valence-electron chi connectivity index (χ2n) is 7.45. The maximum atomic E-state index is 14.3. The number of anilines is 2. The first-order chi connectivity index (χ1) is 14.9. The molecule has 2 aromatic heterocycles. The summed E-state index contributed by atoms with van der Waals surface area (Å²) in [5, 5.41) is 11.7. The van der Waals surface area contributed by atoms with E-state index in [1.807, 2.05) is 0 Å². The van der Waals surface area contributed by atoms with E-state index in [0.717, 1.165) is 0 Å². The van der Waals surface area contributed by atoms with E-state index < -0.39 is 23.5 Å². The van der Waals surface area contributed by atoms with Crippen LogP contribution in [-0.4, -0.2) is 38.5 Å². The third kappa shape index (κ3) is 3.32. The van der Waals surface area contributed by atoms with Crippen LogP contribution < -0.4 is 4.90 Å². The van der Waals surface area contributed by atoms with E-state index in [1.165, 1.54) is 34.8 Å². The molecule has 1 saturated carbocycles. The van der Waals surface area contributed by atoms with Gasteiger partial charge in [0.1, 0.15) is 17.5 Å². The van der Waals surface area contributed by atoms with E-state index in [1.54, 1.807) is 18.0 Å². The summed E-state index contributed by atoms with van der Waals surface area (Å²) in [5.41, 5.74) is -0.155. The van der Waals surface area contributed by atoms with Crippen LogP contribution in [0.3, 0.4) is 0 Å². The van der Waals surface area contributed by atoms with Crippen LogP contribution in [0.2, 0.25) is 0 Å². The summed E-state index contributed by atoms with van der Waals surface area (Å²) >= 11 is 0. The predicted octanol–water partition coefficient (Wildman–Crippen LogP) is 4.12. The van der Waals surface area contributed by atoms with Crippen LogP contribution in [0.1, 0.15) is 18.4 Å². The van der Waals surface area contributed by atoms with Crippen LogP contribution in [-0.2, 0) is 0 Å². The summed E-state index contributed by atoms with van der Waals surface area (Å²) in [4.78, 5) is 5.93. The summed E-state index contributed by atoms with van der Waals surface area (Å²) in [6.45, 7) is 0. The maximum absolute atomic E-state index is 14.3. The highest BCUT2D eigenvalue weighted by Gasteiger charge is 2.49. The van der Waals surface area contributed by atoms with E-state index in [4.69, 9.17) is 0 Å². The first kappa shape index (κ1) is 19.2. The monoisotopic (exact) mass is 426 g/mol. The number of tetrazole rings is 1. The average molecular weight is 426 g/mol. The maximum Gasteiger partial charge on any atom is 0.275 e. The van der Waals surface area contributed by atoms with Crippen molar-refractivity contribution in [2.45, 2.75) is 19.3 Å². The molecule has 10 heteroatoms. The molecule has 0 N–H and O–H groups in total. The zero-order valence-corrected chi connectivity index (χ0v) is 16.2. The van der Waals surface area contributed by atoms with Crippen LogP contribution in [0.5, 0.6) is 0 Å². The lowest BCUT2D eigenvalue weighted by atomic mass is 10.1. The van der Waals surface area contributed by atoms with Gasteiger partial charge in [0.05, 0.1) is 10.9 Å². The van der Waals surface area contributed by atoms with Crippen molar-refractivity contribution in [3.8, 4) is 11.8 Å².